The third-order valence-electron chi connectivity index (χ3n) is 2.60. The van der Waals surface area contributed by atoms with Gasteiger partial charge in [-0.15, -0.1) is 11.3 Å². The van der Waals surface area contributed by atoms with E-state index in [0.29, 0.717) is 6.54 Å². The smallest absolute Gasteiger partial charge is 0.261 e. The Bertz CT molecular complexity index is 377. The van der Waals surface area contributed by atoms with Crippen molar-refractivity contribution in [3.8, 4) is 0 Å². The van der Waals surface area contributed by atoms with E-state index in [1.54, 1.807) is 23.1 Å². The number of aryl methyl sites for hydroxylation is 2. The summed E-state index contributed by atoms with van der Waals surface area (Å²) in [5.74, 6) is 1.88. The number of carbonyl (C=O) groups is 1. The van der Waals surface area contributed by atoms with Crippen LogP contribution in [0.1, 0.15) is 33.5 Å². The Balaban J connectivity index is 2.27. The number of nitrogens with one attached hydrogen (secondary N) is 1. The summed E-state index contributed by atoms with van der Waals surface area (Å²) in [7, 11) is 0. The number of amides is 1. The molecule has 0 spiro atoms. The molecule has 1 aromatic heterocycles. The van der Waals surface area contributed by atoms with E-state index in [2.05, 4.69) is 19.2 Å². The zero-order chi connectivity index (χ0) is 13.4. The average molecular weight is 287 g/mol. The number of aliphatic hydroxyl groups excluding tert-OH is 1. The molecule has 5 heteroatoms. The zero-order valence-corrected chi connectivity index (χ0v) is 12.6. The van der Waals surface area contributed by atoms with Gasteiger partial charge in [-0.05, 0) is 37.1 Å². The van der Waals surface area contributed by atoms with E-state index < -0.39 is 0 Å². The molecule has 0 saturated carbocycles. The van der Waals surface area contributed by atoms with Crippen LogP contribution in [0.5, 0.6) is 0 Å². The highest BCUT2D eigenvalue weighted by molar-refractivity contribution is 7.99. The van der Waals surface area contributed by atoms with Gasteiger partial charge in [0.05, 0.1) is 4.88 Å². The Labute approximate surface area is 117 Å². The Morgan fingerprint density at radius 2 is 2.28 bits per heavy atom. The molecule has 1 aromatic rings. The molecule has 0 radical (unpaired) electrons. The Kier molecular flexibility index (Phi) is 7.39. The van der Waals surface area contributed by atoms with Crippen molar-refractivity contribution in [2.75, 3.05) is 24.7 Å². The molecule has 0 aliphatic rings. The summed E-state index contributed by atoms with van der Waals surface area (Å²) in [5, 5.41) is 11.6. The van der Waals surface area contributed by atoms with Crippen LogP contribution in [-0.2, 0) is 6.42 Å². The summed E-state index contributed by atoms with van der Waals surface area (Å²) in [6.45, 7) is 5.10. The van der Waals surface area contributed by atoms with E-state index in [0.717, 1.165) is 29.2 Å². The van der Waals surface area contributed by atoms with Crippen LogP contribution in [0.15, 0.2) is 6.07 Å². The van der Waals surface area contributed by atoms with E-state index >= 15 is 0 Å². The molecule has 0 unspecified atom stereocenters. The van der Waals surface area contributed by atoms with Crippen molar-refractivity contribution in [2.45, 2.75) is 26.7 Å². The maximum atomic E-state index is 11.9. The number of hydrogen-bond donors (Lipinski definition) is 2. The fourth-order valence-electron chi connectivity index (χ4n) is 1.58. The van der Waals surface area contributed by atoms with Gasteiger partial charge >= 0.3 is 0 Å². The number of carbonyl (C=O) groups excluding carboxylic acids is 1. The van der Waals surface area contributed by atoms with Crippen LogP contribution in [0.3, 0.4) is 0 Å². The van der Waals surface area contributed by atoms with Gasteiger partial charge in [0.25, 0.3) is 5.91 Å². The number of rotatable bonds is 8. The van der Waals surface area contributed by atoms with Crippen molar-refractivity contribution in [3.63, 3.8) is 0 Å². The minimum atomic E-state index is 0.0329. The van der Waals surface area contributed by atoms with Crippen molar-refractivity contribution >= 4 is 29.0 Å². The molecule has 0 saturated heterocycles. The van der Waals surface area contributed by atoms with Crippen LogP contribution in [0.4, 0.5) is 0 Å². The van der Waals surface area contributed by atoms with Gasteiger partial charge in [-0.25, -0.2) is 0 Å². The number of hydrogen-bond acceptors (Lipinski definition) is 4. The van der Waals surface area contributed by atoms with Crippen molar-refractivity contribution in [2.24, 2.45) is 0 Å². The normalized spacial score (nSPS) is 10.6. The first kappa shape index (κ1) is 15.5. The van der Waals surface area contributed by atoms with Gasteiger partial charge in [-0.3, -0.25) is 4.79 Å². The first-order chi connectivity index (χ1) is 8.69. The zero-order valence-electron chi connectivity index (χ0n) is 11.0. The van der Waals surface area contributed by atoms with E-state index in [4.69, 9.17) is 5.11 Å². The molecule has 0 aliphatic carbocycles. The lowest BCUT2D eigenvalue weighted by molar-refractivity contribution is 0.0960. The third kappa shape index (κ3) is 5.00. The summed E-state index contributed by atoms with van der Waals surface area (Å²) in [4.78, 5) is 13.9. The van der Waals surface area contributed by atoms with E-state index in [1.165, 1.54) is 10.4 Å². The van der Waals surface area contributed by atoms with Crippen molar-refractivity contribution in [1.29, 1.82) is 0 Å². The van der Waals surface area contributed by atoms with Gasteiger partial charge in [-0.1, -0.05) is 6.92 Å². The fourth-order valence-corrected chi connectivity index (χ4v) is 3.39. The van der Waals surface area contributed by atoms with Crippen LogP contribution < -0.4 is 5.32 Å². The minimum absolute atomic E-state index is 0.0329. The second-order valence-electron chi connectivity index (χ2n) is 3.99. The van der Waals surface area contributed by atoms with Crippen molar-refractivity contribution in [1.82, 2.24) is 5.32 Å². The predicted octanol–water partition coefficient (Wildman–Crippen LogP) is 2.46. The van der Waals surface area contributed by atoms with Gasteiger partial charge < -0.3 is 10.4 Å². The average Bonchev–Trinajstić information content (AvgIpc) is 2.74. The van der Waals surface area contributed by atoms with Crippen molar-refractivity contribution < 1.29 is 9.90 Å². The van der Waals surface area contributed by atoms with E-state index in [9.17, 15) is 4.79 Å². The molecule has 2 N–H and O–H groups in total. The molecule has 18 heavy (non-hydrogen) atoms. The quantitative estimate of drug-likeness (QED) is 0.722. The number of thioether (sulfide) groups is 1. The highest BCUT2D eigenvalue weighted by Crippen LogP contribution is 2.21. The van der Waals surface area contributed by atoms with Gasteiger partial charge in [-0.2, -0.15) is 11.8 Å². The van der Waals surface area contributed by atoms with Crippen molar-refractivity contribution in [3.05, 3.63) is 21.4 Å². The molecule has 0 atom stereocenters. The number of aliphatic hydroxyl groups is 1. The van der Waals surface area contributed by atoms with Gasteiger partial charge in [0.1, 0.15) is 0 Å². The first-order valence-electron chi connectivity index (χ1n) is 6.25. The summed E-state index contributed by atoms with van der Waals surface area (Å²) < 4.78 is 0. The Morgan fingerprint density at radius 1 is 1.50 bits per heavy atom. The molecule has 3 nitrogen and oxygen atoms in total. The summed E-state index contributed by atoms with van der Waals surface area (Å²) in [6.07, 6.45) is 1.80. The lowest BCUT2D eigenvalue weighted by Gasteiger charge is -2.03. The molecular formula is C13H21NO2S2. The van der Waals surface area contributed by atoms with Crippen LogP contribution in [0, 0.1) is 6.92 Å². The largest absolute Gasteiger partial charge is 0.396 e. The first-order valence-corrected chi connectivity index (χ1v) is 8.22. The lowest BCUT2D eigenvalue weighted by atomic mass is 10.2. The molecule has 1 rings (SSSR count). The molecule has 0 bridgehead atoms. The highest BCUT2D eigenvalue weighted by atomic mass is 32.2. The fraction of sp³-hybridized carbons (Fsp3) is 0.615. The second kappa shape index (κ2) is 8.56. The summed E-state index contributed by atoms with van der Waals surface area (Å²) in [5.41, 5.74) is 1.27. The second-order valence-corrected chi connectivity index (χ2v) is 6.47. The minimum Gasteiger partial charge on any atom is -0.396 e. The van der Waals surface area contributed by atoms with Gasteiger partial charge in [0.15, 0.2) is 0 Å². The Morgan fingerprint density at radius 3 is 2.89 bits per heavy atom. The van der Waals surface area contributed by atoms with Crippen LogP contribution in [-0.4, -0.2) is 35.7 Å². The predicted molar refractivity (Wildman–Crippen MR) is 79.8 cm³/mol. The molecule has 0 aromatic carbocycles. The Hall–Kier alpha value is -0.520. The highest BCUT2D eigenvalue weighted by Gasteiger charge is 2.10. The summed E-state index contributed by atoms with van der Waals surface area (Å²) >= 11 is 3.32. The molecule has 0 aliphatic heterocycles. The molecule has 1 heterocycles. The maximum Gasteiger partial charge on any atom is 0.261 e. The third-order valence-corrected chi connectivity index (χ3v) is 4.77. The van der Waals surface area contributed by atoms with Crippen LogP contribution >= 0.6 is 23.1 Å². The van der Waals surface area contributed by atoms with E-state index in [-0.39, 0.29) is 12.5 Å². The SMILES string of the molecule is CCc1cc(C(=O)NCCSCCCO)sc1C. The lowest BCUT2D eigenvalue weighted by Crippen LogP contribution is -2.25. The maximum absolute atomic E-state index is 11.9. The van der Waals surface area contributed by atoms with Crippen LogP contribution in [0.25, 0.3) is 0 Å². The van der Waals surface area contributed by atoms with E-state index in [1.807, 2.05) is 6.07 Å². The van der Waals surface area contributed by atoms with Gasteiger partial charge in [0.2, 0.25) is 0 Å². The molecule has 102 valence electrons. The monoisotopic (exact) mass is 287 g/mol. The van der Waals surface area contributed by atoms with Gasteiger partial charge in [0, 0.05) is 23.8 Å². The topological polar surface area (TPSA) is 49.3 Å². The standard InChI is InChI=1S/C13H21NO2S2/c1-3-11-9-12(18-10(11)2)13(16)14-5-8-17-7-4-6-15/h9,15H,3-8H2,1-2H3,(H,14,16). The summed E-state index contributed by atoms with van der Waals surface area (Å²) in [6, 6.07) is 1.99. The number of thiophene rings is 1. The molecule has 0 fully saturated rings. The molecule has 1 amide bonds. The molecular weight excluding hydrogens is 266 g/mol. The van der Waals surface area contributed by atoms with Crippen LogP contribution in [0.2, 0.25) is 0 Å².